The maximum absolute atomic E-state index is 11.7. The van der Waals surface area contributed by atoms with E-state index in [9.17, 15) is 9.59 Å². The Bertz CT molecular complexity index is 466. The molecule has 1 aromatic carbocycles. The van der Waals surface area contributed by atoms with Gasteiger partial charge in [-0.2, -0.15) is 0 Å². The summed E-state index contributed by atoms with van der Waals surface area (Å²) in [5.74, 6) is -0.659. The van der Waals surface area contributed by atoms with Gasteiger partial charge in [-0.05, 0) is 25.1 Å². The van der Waals surface area contributed by atoms with Gasteiger partial charge in [0.25, 0.3) is 5.91 Å². The van der Waals surface area contributed by atoms with Crippen molar-refractivity contribution in [2.45, 2.75) is 13.3 Å². The predicted molar refractivity (Wildman–Crippen MR) is 69.5 cm³/mol. The van der Waals surface area contributed by atoms with E-state index in [2.05, 4.69) is 11.9 Å². The van der Waals surface area contributed by atoms with Crippen molar-refractivity contribution in [3.8, 4) is 0 Å². The number of esters is 1. The number of nitrogens with one attached hydrogen (secondary N) is 1. The van der Waals surface area contributed by atoms with Gasteiger partial charge < -0.3 is 10.1 Å². The number of benzene rings is 1. The lowest BCUT2D eigenvalue weighted by molar-refractivity contribution is 0.0509. The quantitative estimate of drug-likeness (QED) is 0.641. The number of amides is 1. The van der Waals surface area contributed by atoms with Gasteiger partial charge in [0.05, 0.1) is 12.2 Å². The first kappa shape index (κ1) is 14.0. The lowest BCUT2D eigenvalue weighted by Crippen LogP contribution is -2.18. The van der Waals surface area contributed by atoms with Gasteiger partial charge in [0.2, 0.25) is 0 Å². The van der Waals surface area contributed by atoms with Crippen LogP contribution in [0.2, 0.25) is 0 Å². The average Bonchev–Trinajstić information content (AvgIpc) is 2.37. The normalized spacial score (nSPS) is 9.67. The second-order valence-corrected chi connectivity index (χ2v) is 4.00. The zero-order valence-corrected chi connectivity index (χ0v) is 10.7. The molecule has 0 saturated carbocycles. The van der Waals surface area contributed by atoms with Crippen molar-refractivity contribution in [3.63, 3.8) is 0 Å². The highest BCUT2D eigenvalue weighted by molar-refractivity contribution is 5.97. The molecule has 0 bridgehead atoms. The zero-order valence-electron chi connectivity index (χ0n) is 10.7. The number of ether oxygens (including phenoxy) is 1. The minimum absolute atomic E-state index is 0.230. The second kappa shape index (κ2) is 6.59. The van der Waals surface area contributed by atoms with Gasteiger partial charge in [-0.25, -0.2) is 4.79 Å². The molecule has 0 atom stereocenters. The van der Waals surface area contributed by atoms with Crippen LogP contribution in [0.4, 0.5) is 0 Å². The van der Waals surface area contributed by atoms with Crippen molar-refractivity contribution in [1.82, 2.24) is 5.32 Å². The third kappa shape index (κ3) is 4.05. The van der Waals surface area contributed by atoms with Gasteiger partial charge in [0, 0.05) is 19.0 Å². The Morgan fingerprint density at radius 3 is 2.61 bits per heavy atom. The van der Waals surface area contributed by atoms with Crippen LogP contribution in [0.1, 0.15) is 34.1 Å². The standard InChI is InChI=1S/C14H17NO3/c1-10(2)7-8-18-14(17)12-6-4-5-11(9-12)13(16)15-3/h4-6,9H,1,7-8H2,2-3H3,(H,15,16). The van der Waals surface area contributed by atoms with Crippen LogP contribution in [-0.4, -0.2) is 25.5 Å². The topological polar surface area (TPSA) is 55.4 Å². The lowest BCUT2D eigenvalue weighted by Gasteiger charge is -2.06. The van der Waals surface area contributed by atoms with Gasteiger partial charge in [0.15, 0.2) is 0 Å². The molecule has 0 aromatic heterocycles. The summed E-state index contributed by atoms with van der Waals surface area (Å²) >= 11 is 0. The third-order valence-corrected chi connectivity index (χ3v) is 2.35. The van der Waals surface area contributed by atoms with Crippen LogP contribution in [0.3, 0.4) is 0 Å². The summed E-state index contributed by atoms with van der Waals surface area (Å²) in [5.41, 5.74) is 1.77. The van der Waals surface area contributed by atoms with E-state index in [1.54, 1.807) is 25.2 Å². The van der Waals surface area contributed by atoms with E-state index in [0.717, 1.165) is 5.57 Å². The Hall–Kier alpha value is -2.10. The number of carbonyl (C=O) groups excluding carboxylic acids is 2. The Labute approximate surface area is 107 Å². The molecular formula is C14H17NO3. The molecule has 0 aliphatic rings. The number of rotatable bonds is 5. The molecule has 0 aliphatic carbocycles. The SMILES string of the molecule is C=C(C)CCOC(=O)c1cccc(C(=O)NC)c1. The molecule has 4 heteroatoms. The molecule has 1 N–H and O–H groups in total. The summed E-state index contributed by atoms with van der Waals surface area (Å²) in [6, 6.07) is 6.43. The van der Waals surface area contributed by atoms with Crippen LogP contribution < -0.4 is 5.32 Å². The van der Waals surface area contributed by atoms with Crippen molar-refractivity contribution in [1.29, 1.82) is 0 Å². The maximum Gasteiger partial charge on any atom is 0.338 e. The van der Waals surface area contributed by atoms with E-state index in [1.807, 2.05) is 6.92 Å². The minimum Gasteiger partial charge on any atom is -0.462 e. The summed E-state index contributed by atoms with van der Waals surface area (Å²) in [6.07, 6.45) is 0.640. The van der Waals surface area contributed by atoms with Crippen molar-refractivity contribution in [2.24, 2.45) is 0 Å². The van der Waals surface area contributed by atoms with E-state index < -0.39 is 5.97 Å². The highest BCUT2D eigenvalue weighted by atomic mass is 16.5. The summed E-state index contributed by atoms with van der Waals surface area (Å²) in [5, 5.41) is 2.50. The first-order chi connectivity index (χ1) is 8.54. The molecule has 96 valence electrons. The van der Waals surface area contributed by atoms with Crippen LogP contribution in [-0.2, 0) is 4.74 Å². The van der Waals surface area contributed by atoms with Crippen LogP contribution in [0.25, 0.3) is 0 Å². The van der Waals surface area contributed by atoms with E-state index in [1.165, 1.54) is 6.07 Å². The maximum atomic E-state index is 11.7. The fraction of sp³-hybridized carbons (Fsp3) is 0.286. The smallest absolute Gasteiger partial charge is 0.338 e. The lowest BCUT2D eigenvalue weighted by atomic mass is 10.1. The van der Waals surface area contributed by atoms with Crippen LogP contribution >= 0.6 is 0 Å². The highest BCUT2D eigenvalue weighted by Crippen LogP contribution is 2.07. The minimum atomic E-state index is -0.429. The van der Waals surface area contributed by atoms with Crippen molar-refractivity contribution in [3.05, 3.63) is 47.5 Å². The Morgan fingerprint density at radius 2 is 2.00 bits per heavy atom. The summed E-state index contributed by atoms with van der Waals surface area (Å²) in [4.78, 5) is 23.1. The molecular weight excluding hydrogens is 230 g/mol. The average molecular weight is 247 g/mol. The van der Waals surface area contributed by atoms with Crippen LogP contribution in [0.5, 0.6) is 0 Å². The monoisotopic (exact) mass is 247 g/mol. The molecule has 18 heavy (non-hydrogen) atoms. The van der Waals surface area contributed by atoms with Gasteiger partial charge in [-0.3, -0.25) is 4.79 Å². The summed E-state index contributed by atoms with van der Waals surface area (Å²) in [6.45, 7) is 5.91. The van der Waals surface area contributed by atoms with Crippen LogP contribution in [0, 0.1) is 0 Å². The Morgan fingerprint density at radius 1 is 1.33 bits per heavy atom. The molecule has 0 fully saturated rings. The Balaban J connectivity index is 2.68. The summed E-state index contributed by atoms with van der Waals surface area (Å²) < 4.78 is 5.08. The Kier molecular flexibility index (Phi) is 5.11. The largest absolute Gasteiger partial charge is 0.462 e. The van der Waals surface area contributed by atoms with Crippen LogP contribution in [0.15, 0.2) is 36.4 Å². The predicted octanol–water partition coefficient (Wildman–Crippen LogP) is 2.17. The van der Waals surface area contributed by atoms with E-state index >= 15 is 0 Å². The zero-order chi connectivity index (χ0) is 13.5. The molecule has 0 unspecified atom stereocenters. The molecule has 0 heterocycles. The molecule has 0 spiro atoms. The van der Waals surface area contributed by atoms with E-state index in [-0.39, 0.29) is 5.91 Å². The first-order valence-electron chi connectivity index (χ1n) is 5.68. The fourth-order valence-corrected chi connectivity index (χ4v) is 1.33. The van der Waals surface area contributed by atoms with E-state index in [0.29, 0.717) is 24.2 Å². The van der Waals surface area contributed by atoms with E-state index in [4.69, 9.17) is 4.74 Å². The molecule has 0 saturated heterocycles. The second-order valence-electron chi connectivity index (χ2n) is 4.00. The third-order valence-electron chi connectivity index (χ3n) is 2.35. The van der Waals surface area contributed by atoms with Gasteiger partial charge in [-0.15, -0.1) is 6.58 Å². The molecule has 1 rings (SSSR count). The number of hydrogen-bond donors (Lipinski definition) is 1. The first-order valence-corrected chi connectivity index (χ1v) is 5.68. The summed E-state index contributed by atoms with van der Waals surface area (Å²) in [7, 11) is 1.54. The molecule has 4 nitrogen and oxygen atoms in total. The molecule has 1 amide bonds. The molecule has 1 aromatic rings. The van der Waals surface area contributed by atoms with Gasteiger partial charge in [0.1, 0.15) is 0 Å². The van der Waals surface area contributed by atoms with Gasteiger partial charge in [-0.1, -0.05) is 11.6 Å². The van der Waals surface area contributed by atoms with Crippen molar-refractivity contribution < 1.29 is 14.3 Å². The fourth-order valence-electron chi connectivity index (χ4n) is 1.33. The van der Waals surface area contributed by atoms with Crippen molar-refractivity contribution in [2.75, 3.05) is 13.7 Å². The number of hydrogen-bond acceptors (Lipinski definition) is 3. The van der Waals surface area contributed by atoms with Gasteiger partial charge >= 0.3 is 5.97 Å². The molecule has 0 aliphatic heterocycles. The highest BCUT2D eigenvalue weighted by Gasteiger charge is 2.10. The van der Waals surface area contributed by atoms with Crippen molar-refractivity contribution >= 4 is 11.9 Å². The number of carbonyl (C=O) groups is 2. The molecule has 0 radical (unpaired) electrons.